The third kappa shape index (κ3) is 5.57. The minimum absolute atomic E-state index is 0.921. The normalized spacial score (nSPS) is 18.2. The van der Waals surface area contributed by atoms with Crippen molar-refractivity contribution in [3.63, 3.8) is 0 Å². The summed E-state index contributed by atoms with van der Waals surface area (Å²) in [4.78, 5) is 5.13. The van der Waals surface area contributed by atoms with Gasteiger partial charge in [0.2, 0.25) is 0 Å². The summed E-state index contributed by atoms with van der Waals surface area (Å²) < 4.78 is 6.02. The highest BCUT2D eigenvalue weighted by Gasteiger charge is 2.11. The molecule has 0 aliphatic carbocycles. The summed E-state index contributed by atoms with van der Waals surface area (Å²) in [6, 6.07) is 17.2. The topological polar surface area (TPSA) is 15.7 Å². The van der Waals surface area contributed by atoms with Gasteiger partial charge in [0.05, 0.1) is 0 Å². The van der Waals surface area contributed by atoms with Crippen LogP contribution >= 0.6 is 0 Å². The Balaban J connectivity index is 1.24. The molecule has 0 bridgehead atoms. The van der Waals surface area contributed by atoms with Gasteiger partial charge in [-0.15, -0.1) is 0 Å². The number of likely N-dealkylation sites (tertiary alicyclic amines) is 2. The molecule has 3 heteroatoms. The van der Waals surface area contributed by atoms with Crippen LogP contribution in [0, 0.1) is 0 Å². The summed E-state index contributed by atoms with van der Waals surface area (Å²) in [5, 5.41) is 0. The number of nitrogens with zero attached hydrogens (tertiary/aromatic N) is 2. The van der Waals surface area contributed by atoms with Crippen LogP contribution in [0.2, 0.25) is 0 Å². The van der Waals surface area contributed by atoms with Crippen LogP contribution in [0.5, 0.6) is 11.5 Å². The first kappa shape index (κ1) is 18.5. The Morgan fingerprint density at radius 3 is 1.30 bits per heavy atom. The van der Waals surface area contributed by atoms with Gasteiger partial charge >= 0.3 is 0 Å². The molecule has 0 unspecified atom stereocenters. The molecule has 0 amide bonds. The first-order chi connectivity index (χ1) is 13.3. The van der Waals surface area contributed by atoms with Crippen molar-refractivity contribution in [2.75, 3.05) is 39.3 Å². The van der Waals surface area contributed by atoms with Gasteiger partial charge in [0, 0.05) is 13.1 Å². The second kappa shape index (κ2) is 9.38. The Labute approximate surface area is 163 Å². The Bertz CT molecular complexity index is 622. The Hall–Kier alpha value is -1.84. The van der Waals surface area contributed by atoms with E-state index < -0.39 is 0 Å². The summed E-state index contributed by atoms with van der Waals surface area (Å²) in [5.74, 6) is 1.84. The first-order valence-corrected chi connectivity index (χ1v) is 10.7. The zero-order valence-electron chi connectivity index (χ0n) is 16.4. The highest BCUT2D eigenvalue weighted by Crippen LogP contribution is 2.23. The molecule has 0 saturated carbocycles. The molecule has 144 valence electrons. The quantitative estimate of drug-likeness (QED) is 0.672. The SMILES string of the molecule is c1cc(Oc2ccc(CCN3CCCC3)cc2)ccc1CCN1CCCC1. The minimum Gasteiger partial charge on any atom is -0.457 e. The summed E-state index contributed by atoms with van der Waals surface area (Å²) in [5.41, 5.74) is 2.79. The Morgan fingerprint density at radius 1 is 0.556 bits per heavy atom. The summed E-state index contributed by atoms with van der Waals surface area (Å²) in [7, 11) is 0. The molecule has 0 spiro atoms. The lowest BCUT2D eigenvalue weighted by atomic mass is 10.1. The molecule has 27 heavy (non-hydrogen) atoms. The van der Waals surface area contributed by atoms with Crippen LogP contribution in [0.4, 0.5) is 0 Å². The average molecular weight is 365 g/mol. The van der Waals surface area contributed by atoms with Crippen LogP contribution in [0.15, 0.2) is 48.5 Å². The second-order valence-corrected chi connectivity index (χ2v) is 7.99. The predicted molar refractivity (Wildman–Crippen MR) is 112 cm³/mol. The van der Waals surface area contributed by atoms with Crippen molar-refractivity contribution in [2.24, 2.45) is 0 Å². The van der Waals surface area contributed by atoms with Crippen LogP contribution in [0.25, 0.3) is 0 Å². The minimum atomic E-state index is 0.921. The van der Waals surface area contributed by atoms with E-state index in [1.807, 2.05) is 0 Å². The number of ether oxygens (including phenoxy) is 1. The number of hydrogen-bond acceptors (Lipinski definition) is 3. The first-order valence-electron chi connectivity index (χ1n) is 10.7. The second-order valence-electron chi connectivity index (χ2n) is 7.99. The van der Waals surface area contributed by atoms with Gasteiger partial charge in [-0.2, -0.15) is 0 Å². The van der Waals surface area contributed by atoms with E-state index >= 15 is 0 Å². The fourth-order valence-electron chi connectivity index (χ4n) is 4.17. The van der Waals surface area contributed by atoms with Crippen molar-refractivity contribution in [1.29, 1.82) is 0 Å². The Morgan fingerprint density at radius 2 is 0.926 bits per heavy atom. The van der Waals surface area contributed by atoms with Crippen molar-refractivity contribution in [3.8, 4) is 11.5 Å². The van der Waals surface area contributed by atoms with Crippen molar-refractivity contribution in [3.05, 3.63) is 59.7 Å². The van der Waals surface area contributed by atoms with Crippen molar-refractivity contribution in [2.45, 2.75) is 38.5 Å². The van der Waals surface area contributed by atoms with Gasteiger partial charge in [-0.3, -0.25) is 0 Å². The molecule has 2 aliphatic heterocycles. The van der Waals surface area contributed by atoms with E-state index in [0.717, 1.165) is 24.3 Å². The van der Waals surface area contributed by atoms with E-state index in [1.165, 1.54) is 76.1 Å². The van der Waals surface area contributed by atoms with Crippen LogP contribution in [-0.2, 0) is 12.8 Å². The van der Waals surface area contributed by atoms with E-state index in [0.29, 0.717) is 0 Å². The molecule has 0 aromatic heterocycles. The molecule has 2 heterocycles. The number of benzene rings is 2. The van der Waals surface area contributed by atoms with Gasteiger partial charge in [0.15, 0.2) is 0 Å². The molecule has 2 aliphatic rings. The Kier molecular flexibility index (Phi) is 6.44. The smallest absolute Gasteiger partial charge is 0.127 e. The molecule has 2 aromatic rings. The number of rotatable bonds is 8. The zero-order chi connectivity index (χ0) is 18.3. The largest absolute Gasteiger partial charge is 0.457 e. The molecule has 2 aromatic carbocycles. The van der Waals surface area contributed by atoms with E-state index in [9.17, 15) is 0 Å². The van der Waals surface area contributed by atoms with Crippen LogP contribution < -0.4 is 4.74 Å². The summed E-state index contributed by atoms with van der Waals surface area (Å²) in [6.45, 7) is 7.45. The van der Waals surface area contributed by atoms with Gasteiger partial charge in [-0.05, 0) is 100 Å². The van der Waals surface area contributed by atoms with Gasteiger partial charge in [0.1, 0.15) is 11.5 Å². The highest BCUT2D eigenvalue weighted by molar-refractivity contribution is 5.34. The van der Waals surface area contributed by atoms with Crippen LogP contribution in [-0.4, -0.2) is 49.1 Å². The van der Waals surface area contributed by atoms with E-state index in [1.54, 1.807) is 0 Å². The van der Waals surface area contributed by atoms with Crippen LogP contribution in [0.1, 0.15) is 36.8 Å². The van der Waals surface area contributed by atoms with Gasteiger partial charge in [0.25, 0.3) is 0 Å². The fraction of sp³-hybridized carbons (Fsp3) is 0.500. The fourth-order valence-corrected chi connectivity index (χ4v) is 4.17. The third-order valence-corrected chi connectivity index (χ3v) is 5.91. The molecular weight excluding hydrogens is 332 g/mol. The maximum atomic E-state index is 6.02. The molecule has 0 atom stereocenters. The van der Waals surface area contributed by atoms with E-state index in [2.05, 4.69) is 58.3 Å². The molecule has 0 N–H and O–H groups in total. The van der Waals surface area contributed by atoms with Gasteiger partial charge < -0.3 is 14.5 Å². The van der Waals surface area contributed by atoms with Crippen molar-refractivity contribution >= 4 is 0 Å². The standard InChI is InChI=1S/C24H32N2O/c1-2-16-25(15-1)19-13-21-5-9-23(10-6-21)27-24-11-7-22(8-12-24)14-20-26-17-3-4-18-26/h5-12H,1-4,13-20H2. The lowest BCUT2D eigenvalue weighted by Crippen LogP contribution is -2.21. The number of hydrogen-bond donors (Lipinski definition) is 0. The third-order valence-electron chi connectivity index (χ3n) is 5.91. The lowest BCUT2D eigenvalue weighted by molar-refractivity contribution is 0.343. The zero-order valence-corrected chi connectivity index (χ0v) is 16.4. The maximum absolute atomic E-state index is 6.02. The van der Waals surface area contributed by atoms with Gasteiger partial charge in [-0.25, -0.2) is 0 Å². The van der Waals surface area contributed by atoms with E-state index in [4.69, 9.17) is 4.74 Å². The van der Waals surface area contributed by atoms with Crippen molar-refractivity contribution in [1.82, 2.24) is 9.80 Å². The summed E-state index contributed by atoms with van der Waals surface area (Å²) in [6.07, 6.45) is 7.72. The van der Waals surface area contributed by atoms with Gasteiger partial charge in [-0.1, -0.05) is 24.3 Å². The molecule has 3 nitrogen and oxygen atoms in total. The molecule has 2 saturated heterocycles. The molecule has 4 rings (SSSR count). The van der Waals surface area contributed by atoms with Crippen molar-refractivity contribution < 1.29 is 4.74 Å². The predicted octanol–water partition coefficient (Wildman–Crippen LogP) is 4.76. The highest BCUT2D eigenvalue weighted by atomic mass is 16.5. The monoisotopic (exact) mass is 364 g/mol. The molecule has 2 fully saturated rings. The molecule has 0 radical (unpaired) electrons. The summed E-state index contributed by atoms with van der Waals surface area (Å²) >= 11 is 0. The maximum Gasteiger partial charge on any atom is 0.127 e. The average Bonchev–Trinajstić information content (AvgIpc) is 3.41. The lowest BCUT2D eigenvalue weighted by Gasteiger charge is -2.15. The van der Waals surface area contributed by atoms with Crippen LogP contribution in [0.3, 0.4) is 0 Å². The van der Waals surface area contributed by atoms with E-state index in [-0.39, 0.29) is 0 Å². The molecular formula is C24H32N2O.